The molecule has 3 aromatic rings. The van der Waals surface area contributed by atoms with Gasteiger partial charge >= 0.3 is 7.12 Å². The van der Waals surface area contributed by atoms with Crippen LogP contribution in [0.1, 0.15) is 38.1 Å². The molecular weight excluding hydrogens is 369 g/mol. The summed E-state index contributed by atoms with van der Waals surface area (Å²) in [7, 11) is -0.533. The van der Waals surface area contributed by atoms with Crippen LogP contribution >= 0.6 is 0 Å². The van der Waals surface area contributed by atoms with Crippen LogP contribution in [0, 0.1) is 0 Å². The number of carbonyl (C=O) groups excluding carboxylic acids is 1. The number of benzene rings is 1. The van der Waals surface area contributed by atoms with Crippen LogP contribution in [0.5, 0.6) is 0 Å². The molecule has 1 amide bonds. The van der Waals surface area contributed by atoms with Crippen LogP contribution in [0.2, 0.25) is 0 Å². The molecule has 4 rings (SSSR count). The predicted octanol–water partition coefficient (Wildman–Crippen LogP) is 1.78. The van der Waals surface area contributed by atoms with Crippen molar-refractivity contribution in [3.05, 3.63) is 64.6 Å². The smallest absolute Gasteiger partial charge is 0.399 e. The van der Waals surface area contributed by atoms with Crippen molar-refractivity contribution in [1.29, 1.82) is 0 Å². The van der Waals surface area contributed by atoms with Gasteiger partial charge in [0.15, 0.2) is 0 Å². The Morgan fingerprint density at radius 3 is 2.45 bits per heavy atom. The number of fused-ring (bicyclic) bond motifs is 1. The second kappa shape index (κ2) is 6.54. The fraction of sp³-hybridized carbons (Fsp3) is 0.286. The first-order valence-corrected chi connectivity index (χ1v) is 9.37. The molecule has 0 unspecified atom stereocenters. The maximum atomic E-state index is 12.6. The van der Waals surface area contributed by atoms with Crippen molar-refractivity contribution >= 4 is 29.5 Å². The average Bonchev–Trinajstić information content (AvgIpc) is 2.89. The van der Waals surface area contributed by atoms with Gasteiger partial charge in [-0.15, -0.1) is 0 Å². The van der Waals surface area contributed by atoms with Crippen LogP contribution in [0.4, 0.5) is 0 Å². The zero-order valence-electron chi connectivity index (χ0n) is 16.8. The fourth-order valence-corrected chi connectivity index (χ4v) is 3.33. The highest BCUT2D eigenvalue weighted by molar-refractivity contribution is 6.62. The first-order valence-electron chi connectivity index (χ1n) is 9.37. The molecule has 0 aliphatic carbocycles. The maximum absolute atomic E-state index is 12.6. The summed E-state index contributed by atoms with van der Waals surface area (Å²) in [6.45, 7) is 7.98. The van der Waals surface area contributed by atoms with E-state index < -0.39 is 29.7 Å². The Balaban J connectivity index is 1.86. The van der Waals surface area contributed by atoms with Gasteiger partial charge in [-0.25, -0.2) is 4.98 Å². The van der Waals surface area contributed by atoms with Gasteiger partial charge < -0.3 is 19.6 Å². The second-order valence-electron chi connectivity index (χ2n) is 8.16. The first-order chi connectivity index (χ1) is 13.6. The number of aromatic nitrogens is 2. The molecule has 2 N–H and O–H groups in total. The summed E-state index contributed by atoms with van der Waals surface area (Å²) in [5.74, 6) is -0.781. The van der Waals surface area contributed by atoms with E-state index in [0.717, 1.165) is 5.46 Å². The van der Waals surface area contributed by atoms with Crippen molar-refractivity contribution < 1.29 is 14.1 Å². The molecule has 1 aromatic carbocycles. The van der Waals surface area contributed by atoms with Gasteiger partial charge in [-0.05, 0) is 57.4 Å². The van der Waals surface area contributed by atoms with E-state index >= 15 is 0 Å². The predicted molar refractivity (Wildman–Crippen MR) is 112 cm³/mol. The van der Waals surface area contributed by atoms with Crippen LogP contribution in [-0.4, -0.2) is 33.8 Å². The van der Waals surface area contributed by atoms with Crippen molar-refractivity contribution in [3.63, 3.8) is 0 Å². The molecule has 0 spiro atoms. The van der Waals surface area contributed by atoms with Crippen molar-refractivity contribution in [3.8, 4) is 5.69 Å². The molecule has 0 bridgehead atoms. The van der Waals surface area contributed by atoms with Crippen LogP contribution in [0.3, 0.4) is 0 Å². The number of rotatable bonds is 3. The van der Waals surface area contributed by atoms with E-state index in [0.29, 0.717) is 16.7 Å². The minimum Gasteiger partial charge on any atom is -0.399 e. The lowest BCUT2D eigenvalue weighted by Gasteiger charge is -2.32. The first kappa shape index (κ1) is 19.4. The third-order valence-corrected chi connectivity index (χ3v) is 5.70. The molecule has 7 nitrogen and oxygen atoms in total. The molecule has 1 aliphatic heterocycles. The van der Waals surface area contributed by atoms with Crippen LogP contribution < -0.4 is 16.6 Å². The SMILES string of the molecule is CC1(C)OB(c2cccc(-n3cc(C(N)=O)c(=O)c4cccnc43)c2)OC1(C)C. The van der Waals surface area contributed by atoms with E-state index in [-0.39, 0.29) is 5.56 Å². The van der Waals surface area contributed by atoms with E-state index in [1.54, 1.807) is 22.9 Å². The van der Waals surface area contributed by atoms with Gasteiger partial charge in [0.05, 0.1) is 16.6 Å². The fourth-order valence-electron chi connectivity index (χ4n) is 3.33. The molecule has 8 heteroatoms. The molecular formula is C21H22BN3O4. The second-order valence-corrected chi connectivity index (χ2v) is 8.16. The highest BCUT2D eigenvalue weighted by atomic mass is 16.7. The Hall–Kier alpha value is -2.97. The molecule has 148 valence electrons. The average molecular weight is 391 g/mol. The van der Waals surface area contributed by atoms with Crippen LogP contribution in [-0.2, 0) is 9.31 Å². The number of pyridine rings is 2. The summed E-state index contributed by atoms with van der Waals surface area (Å²) in [4.78, 5) is 28.7. The Bertz CT molecular complexity index is 1170. The minimum absolute atomic E-state index is 0.0912. The largest absolute Gasteiger partial charge is 0.494 e. The van der Waals surface area contributed by atoms with Gasteiger partial charge in [-0.2, -0.15) is 0 Å². The number of amides is 1. The van der Waals surface area contributed by atoms with Gasteiger partial charge in [0.25, 0.3) is 5.91 Å². The highest BCUT2D eigenvalue weighted by Crippen LogP contribution is 2.36. The molecule has 3 heterocycles. The number of carbonyl (C=O) groups is 1. The molecule has 1 saturated heterocycles. The number of primary amides is 1. The lowest BCUT2D eigenvalue weighted by atomic mass is 9.79. The number of nitrogens with two attached hydrogens (primary N) is 1. The molecule has 1 aliphatic rings. The standard InChI is InChI=1S/C21H22BN3O4/c1-20(2)21(3,4)29-22(28-20)13-7-5-8-14(11-13)25-12-16(18(23)27)17(26)15-9-6-10-24-19(15)25/h5-12H,1-4H3,(H2,23,27). The summed E-state index contributed by atoms with van der Waals surface area (Å²) in [6, 6.07) is 10.8. The van der Waals surface area contributed by atoms with E-state index in [1.807, 2.05) is 52.0 Å². The Labute approximate surface area is 168 Å². The number of nitrogens with zero attached hydrogens (tertiary/aromatic N) is 2. The van der Waals surface area contributed by atoms with Gasteiger partial charge in [0.2, 0.25) is 5.43 Å². The minimum atomic E-state index is -0.781. The normalized spacial score (nSPS) is 17.6. The number of hydrogen-bond acceptors (Lipinski definition) is 5. The highest BCUT2D eigenvalue weighted by Gasteiger charge is 2.51. The molecule has 0 saturated carbocycles. The zero-order chi connectivity index (χ0) is 21.0. The van der Waals surface area contributed by atoms with Gasteiger partial charge in [-0.1, -0.05) is 12.1 Å². The van der Waals surface area contributed by atoms with Crippen molar-refractivity contribution in [1.82, 2.24) is 9.55 Å². The lowest BCUT2D eigenvalue weighted by Crippen LogP contribution is -2.41. The molecule has 2 aromatic heterocycles. The summed E-state index contributed by atoms with van der Waals surface area (Å²) in [5.41, 5.74) is 5.96. The maximum Gasteiger partial charge on any atom is 0.494 e. The Morgan fingerprint density at radius 2 is 1.79 bits per heavy atom. The van der Waals surface area contributed by atoms with Crippen molar-refractivity contribution in [2.45, 2.75) is 38.9 Å². The van der Waals surface area contributed by atoms with E-state index in [1.165, 1.54) is 6.20 Å². The summed E-state index contributed by atoms with van der Waals surface area (Å²) in [6.07, 6.45) is 3.03. The zero-order valence-corrected chi connectivity index (χ0v) is 16.8. The summed E-state index contributed by atoms with van der Waals surface area (Å²) < 4.78 is 14.0. The quantitative estimate of drug-likeness (QED) is 0.687. The van der Waals surface area contributed by atoms with Gasteiger partial charge in [0.1, 0.15) is 11.2 Å². The lowest BCUT2D eigenvalue weighted by molar-refractivity contribution is 0.00578. The molecule has 29 heavy (non-hydrogen) atoms. The Morgan fingerprint density at radius 1 is 1.10 bits per heavy atom. The summed E-state index contributed by atoms with van der Waals surface area (Å²) in [5, 5.41) is 0.324. The van der Waals surface area contributed by atoms with Gasteiger partial charge in [0, 0.05) is 18.1 Å². The van der Waals surface area contributed by atoms with E-state index in [9.17, 15) is 9.59 Å². The van der Waals surface area contributed by atoms with Crippen LogP contribution in [0.15, 0.2) is 53.6 Å². The molecule has 0 atom stereocenters. The van der Waals surface area contributed by atoms with Crippen molar-refractivity contribution in [2.24, 2.45) is 5.73 Å². The third-order valence-electron chi connectivity index (χ3n) is 5.70. The van der Waals surface area contributed by atoms with E-state index in [2.05, 4.69) is 4.98 Å². The van der Waals surface area contributed by atoms with Crippen LogP contribution in [0.25, 0.3) is 16.7 Å². The molecule has 1 fully saturated rings. The van der Waals surface area contributed by atoms with Gasteiger partial charge in [-0.3, -0.25) is 9.59 Å². The molecule has 0 radical (unpaired) electrons. The number of hydrogen-bond donors (Lipinski definition) is 1. The topological polar surface area (TPSA) is 96.4 Å². The third kappa shape index (κ3) is 3.14. The van der Waals surface area contributed by atoms with E-state index in [4.69, 9.17) is 15.0 Å². The Kier molecular flexibility index (Phi) is 4.36. The monoisotopic (exact) mass is 391 g/mol. The van der Waals surface area contributed by atoms with Crippen molar-refractivity contribution in [2.75, 3.05) is 0 Å². The summed E-state index contributed by atoms with van der Waals surface area (Å²) >= 11 is 0.